The Hall–Kier alpha value is -0.380. The summed E-state index contributed by atoms with van der Waals surface area (Å²) in [6.45, 7) is 2.08. The van der Waals surface area contributed by atoms with Crippen molar-refractivity contribution in [2.75, 3.05) is 6.61 Å². The average Bonchev–Trinajstić information content (AvgIpc) is 2.50. The minimum Gasteiger partial charge on any atom is -0.395 e. The summed E-state index contributed by atoms with van der Waals surface area (Å²) in [6, 6.07) is -0.557. The third-order valence-corrected chi connectivity index (χ3v) is 3.96. The fourth-order valence-electron chi connectivity index (χ4n) is 2.41. The van der Waals surface area contributed by atoms with Gasteiger partial charge in [0, 0.05) is 0 Å². The van der Waals surface area contributed by atoms with Crippen LogP contribution in [-0.4, -0.2) is 29.0 Å². The summed E-state index contributed by atoms with van der Waals surface area (Å²) in [6.07, 6.45) is 18.8. The van der Waals surface area contributed by atoms with Crippen molar-refractivity contribution < 1.29 is 10.2 Å². The number of aliphatic hydroxyl groups is 2. The Labute approximate surface area is 131 Å². The molecule has 0 rings (SSSR count). The molecule has 126 valence electrons. The monoisotopic (exact) mass is 299 g/mol. The van der Waals surface area contributed by atoms with E-state index in [0.29, 0.717) is 0 Å². The summed E-state index contributed by atoms with van der Waals surface area (Å²) in [7, 11) is 0. The maximum absolute atomic E-state index is 9.52. The number of allylic oxidation sites excluding steroid dienone is 1. The smallest absolute Gasteiger partial charge is 0.0894 e. The van der Waals surface area contributed by atoms with Gasteiger partial charge in [0.15, 0.2) is 0 Å². The highest BCUT2D eigenvalue weighted by Crippen LogP contribution is 2.12. The van der Waals surface area contributed by atoms with Gasteiger partial charge in [0.05, 0.1) is 18.8 Å². The molecule has 0 saturated carbocycles. The Morgan fingerprint density at radius 2 is 1.33 bits per heavy atom. The highest BCUT2D eigenvalue weighted by atomic mass is 16.3. The van der Waals surface area contributed by atoms with Crippen LogP contribution in [0.1, 0.15) is 84.0 Å². The first kappa shape index (κ1) is 20.6. The molecule has 0 aromatic rings. The van der Waals surface area contributed by atoms with E-state index >= 15 is 0 Å². The summed E-state index contributed by atoms with van der Waals surface area (Å²) < 4.78 is 0. The molecular formula is C18H37NO2. The van der Waals surface area contributed by atoms with Crippen LogP contribution in [0.4, 0.5) is 0 Å². The predicted molar refractivity (Wildman–Crippen MR) is 91.3 cm³/mol. The van der Waals surface area contributed by atoms with Crippen LogP contribution in [0.25, 0.3) is 0 Å². The molecule has 21 heavy (non-hydrogen) atoms. The maximum Gasteiger partial charge on any atom is 0.0894 e. The van der Waals surface area contributed by atoms with E-state index in [0.717, 1.165) is 6.42 Å². The van der Waals surface area contributed by atoms with Crippen LogP contribution in [0, 0.1) is 0 Å². The van der Waals surface area contributed by atoms with Gasteiger partial charge in [-0.2, -0.15) is 0 Å². The first-order chi connectivity index (χ1) is 10.2. The van der Waals surface area contributed by atoms with Gasteiger partial charge in [0.2, 0.25) is 0 Å². The third kappa shape index (κ3) is 14.3. The summed E-state index contributed by atoms with van der Waals surface area (Å²) >= 11 is 0. The third-order valence-electron chi connectivity index (χ3n) is 3.96. The molecule has 2 atom stereocenters. The van der Waals surface area contributed by atoms with E-state index in [1.54, 1.807) is 6.08 Å². The quantitative estimate of drug-likeness (QED) is 0.317. The molecule has 0 heterocycles. The van der Waals surface area contributed by atoms with Crippen LogP contribution in [0.5, 0.6) is 0 Å². The van der Waals surface area contributed by atoms with Crippen molar-refractivity contribution in [2.45, 2.75) is 96.1 Å². The van der Waals surface area contributed by atoms with Gasteiger partial charge >= 0.3 is 0 Å². The molecule has 0 amide bonds. The summed E-state index contributed by atoms with van der Waals surface area (Å²) in [5, 5.41) is 18.3. The van der Waals surface area contributed by atoms with Crippen molar-refractivity contribution in [1.82, 2.24) is 0 Å². The van der Waals surface area contributed by atoms with E-state index in [-0.39, 0.29) is 6.61 Å². The normalized spacial score (nSPS) is 14.7. The van der Waals surface area contributed by atoms with Gasteiger partial charge < -0.3 is 15.9 Å². The van der Waals surface area contributed by atoms with Crippen molar-refractivity contribution in [3.05, 3.63) is 12.2 Å². The van der Waals surface area contributed by atoms with E-state index in [1.165, 1.54) is 70.6 Å². The number of hydrogen-bond acceptors (Lipinski definition) is 3. The summed E-state index contributed by atoms with van der Waals surface area (Å²) in [5.41, 5.74) is 5.51. The van der Waals surface area contributed by atoms with E-state index in [1.807, 2.05) is 6.08 Å². The lowest BCUT2D eigenvalue weighted by atomic mass is 10.0. The maximum atomic E-state index is 9.52. The largest absolute Gasteiger partial charge is 0.395 e. The first-order valence-electron chi connectivity index (χ1n) is 8.93. The fourth-order valence-corrected chi connectivity index (χ4v) is 2.41. The zero-order chi connectivity index (χ0) is 15.8. The summed E-state index contributed by atoms with van der Waals surface area (Å²) in [4.78, 5) is 0. The first-order valence-corrected chi connectivity index (χ1v) is 8.93. The van der Waals surface area contributed by atoms with Crippen molar-refractivity contribution in [3.63, 3.8) is 0 Å². The minimum absolute atomic E-state index is 0.177. The van der Waals surface area contributed by atoms with Gasteiger partial charge in [0.1, 0.15) is 0 Å². The molecular weight excluding hydrogens is 262 g/mol. The van der Waals surface area contributed by atoms with E-state index in [4.69, 9.17) is 10.8 Å². The zero-order valence-electron chi connectivity index (χ0n) is 14.0. The van der Waals surface area contributed by atoms with Gasteiger partial charge in [-0.3, -0.25) is 0 Å². The molecule has 0 aliphatic rings. The van der Waals surface area contributed by atoms with Gasteiger partial charge in [0.25, 0.3) is 0 Å². The fraction of sp³-hybridized carbons (Fsp3) is 0.889. The van der Waals surface area contributed by atoms with Gasteiger partial charge in [-0.1, -0.05) is 83.3 Å². The molecule has 0 radical (unpaired) electrons. The molecule has 0 bridgehead atoms. The van der Waals surface area contributed by atoms with Crippen molar-refractivity contribution >= 4 is 0 Å². The second kappa shape index (κ2) is 16.0. The van der Waals surface area contributed by atoms with E-state index in [2.05, 4.69) is 6.92 Å². The number of nitrogens with two attached hydrogens (primary N) is 1. The Balaban J connectivity index is 3.20. The number of rotatable bonds is 15. The zero-order valence-corrected chi connectivity index (χ0v) is 14.0. The molecule has 0 saturated heterocycles. The molecule has 3 nitrogen and oxygen atoms in total. The lowest BCUT2D eigenvalue weighted by Gasteiger charge is -2.11. The molecule has 4 N–H and O–H groups in total. The Kier molecular flexibility index (Phi) is 15.7. The van der Waals surface area contributed by atoms with Gasteiger partial charge in [-0.15, -0.1) is 0 Å². The highest BCUT2D eigenvalue weighted by molar-refractivity contribution is 4.93. The van der Waals surface area contributed by atoms with Crippen molar-refractivity contribution in [1.29, 1.82) is 0 Å². The lowest BCUT2D eigenvalue weighted by Crippen LogP contribution is -2.36. The highest BCUT2D eigenvalue weighted by Gasteiger charge is 2.08. The van der Waals surface area contributed by atoms with Gasteiger partial charge in [-0.25, -0.2) is 0 Å². The number of aliphatic hydroxyl groups excluding tert-OH is 2. The van der Waals surface area contributed by atoms with Gasteiger partial charge in [-0.05, 0) is 12.8 Å². The Morgan fingerprint density at radius 3 is 1.81 bits per heavy atom. The van der Waals surface area contributed by atoms with Crippen LogP contribution >= 0.6 is 0 Å². The summed E-state index contributed by atoms with van der Waals surface area (Å²) in [5.74, 6) is 0. The van der Waals surface area contributed by atoms with Crippen LogP contribution in [-0.2, 0) is 0 Å². The van der Waals surface area contributed by atoms with Crippen LogP contribution < -0.4 is 5.73 Å². The Bertz CT molecular complexity index is 231. The second-order valence-electron chi connectivity index (χ2n) is 6.09. The molecule has 0 spiro atoms. The molecule has 0 aromatic heterocycles. The van der Waals surface area contributed by atoms with E-state index in [9.17, 15) is 5.11 Å². The Morgan fingerprint density at radius 1 is 0.857 bits per heavy atom. The van der Waals surface area contributed by atoms with E-state index < -0.39 is 12.1 Å². The van der Waals surface area contributed by atoms with Crippen molar-refractivity contribution in [2.24, 2.45) is 5.73 Å². The standard InChI is InChI=1S/C18H37NO2/c1-2-3-4-5-6-7-8-9-10-11-12-13-14-15-18(21)17(19)16-20/h14-15,17-18,20-21H,2-13,16,19H2,1H3/t17-,18-/m0/s1. The molecule has 0 aliphatic carbocycles. The topological polar surface area (TPSA) is 66.5 Å². The molecule has 0 aliphatic heterocycles. The second-order valence-corrected chi connectivity index (χ2v) is 6.09. The van der Waals surface area contributed by atoms with Crippen LogP contribution in [0.2, 0.25) is 0 Å². The predicted octanol–water partition coefficient (Wildman–Crippen LogP) is 3.92. The molecule has 0 fully saturated rings. The minimum atomic E-state index is -0.720. The number of hydrogen-bond donors (Lipinski definition) is 3. The molecule has 0 aromatic carbocycles. The lowest BCUT2D eigenvalue weighted by molar-refractivity contribution is 0.144. The van der Waals surface area contributed by atoms with Crippen LogP contribution in [0.3, 0.4) is 0 Å². The average molecular weight is 299 g/mol. The number of unbranched alkanes of at least 4 members (excludes halogenated alkanes) is 11. The molecule has 3 heteroatoms. The molecule has 0 unspecified atom stereocenters. The van der Waals surface area contributed by atoms with Crippen molar-refractivity contribution in [3.8, 4) is 0 Å². The SMILES string of the molecule is CCCCCCCCCCCCCC=C[C@H](O)[C@@H](N)CO. The van der Waals surface area contributed by atoms with Crippen LogP contribution in [0.15, 0.2) is 12.2 Å².